The minimum Gasteiger partial charge on any atom is -0.468 e. The average molecular weight is 232 g/mol. The molecule has 13 heavy (non-hydrogen) atoms. The first-order chi connectivity index (χ1) is 6.25. The van der Waals surface area contributed by atoms with Crippen LogP contribution in [0.4, 0.5) is 0 Å². The Morgan fingerprint density at radius 2 is 2.46 bits per heavy atom. The van der Waals surface area contributed by atoms with E-state index in [0.29, 0.717) is 4.34 Å². The topological polar surface area (TPSA) is 26.0 Å². The normalized spacial score (nSPS) is 10.6. The molecule has 0 atom stereocenters. The van der Waals surface area contributed by atoms with E-state index in [1.54, 1.807) is 24.2 Å². The molecule has 0 aliphatic rings. The molecule has 0 aromatic carbocycles. The fourth-order valence-corrected chi connectivity index (χ4v) is 2.96. The monoisotopic (exact) mass is 231 g/mol. The fourth-order valence-electron chi connectivity index (χ4n) is 0.860. The Balaban J connectivity index is 2.19. The van der Waals surface area contributed by atoms with Crippen LogP contribution in [-0.2, 0) is 0 Å². The van der Waals surface area contributed by atoms with Crippen molar-refractivity contribution >= 4 is 34.7 Å². The molecule has 2 heterocycles. The van der Waals surface area contributed by atoms with E-state index in [1.807, 2.05) is 13.0 Å². The van der Waals surface area contributed by atoms with E-state index in [9.17, 15) is 0 Å². The first-order valence-electron chi connectivity index (χ1n) is 3.59. The van der Waals surface area contributed by atoms with Crippen molar-refractivity contribution in [1.82, 2.24) is 4.98 Å². The quantitative estimate of drug-likeness (QED) is 0.785. The molecule has 68 valence electrons. The van der Waals surface area contributed by atoms with Gasteiger partial charge in [0.2, 0.25) is 0 Å². The zero-order valence-corrected chi connectivity index (χ0v) is 9.17. The highest BCUT2D eigenvalue weighted by molar-refractivity contribution is 8.01. The van der Waals surface area contributed by atoms with Crippen LogP contribution >= 0.6 is 34.7 Å². The van der Waals surface area contributed by atoms with Crippen LogP contribution in [-0.4, -0.2) is 4.98 Å². The van der Waals surface area contributed by atoms with E-state index < -0.39 is 0 Å². The summed E-state index contributed by atoms with van der Waals surface area (Å²) in [4.78, 5) is 5.23. The number of rotatable bonds is 2. The van der Waals surface area contributed by atoms with Crippen LogP contribution in [0.25, 0.3) is 0 Å². The average Bonchev–Trinajstić information content (AvgIpc) is 2.64. The van der Waals surface area contributed by atoms with E-state index in [1.165, 1.54) is 11.3 Å². The third-order valence-electron chi connectivity index (χ3n) is 1.46. The summed E-state index contributed by atoms with van der Waals surface area (Å²) in [5.41, 5.74) is 0. The van der Waals surface area contributed by atoms with Gasteiger partial charge in [0.1, 0.15) is 10.1 Å². The maximum absolute atomic E-state index is 5.76. The maximum Gasteiger partial charge on any atom is 0.156 e. The van der Waals surface area contributed by atoms with Crippen LogP contribution in [0, 0.1) is 6.92 Å². The molecule has 2 nitrogen and oxygen atoms in total. The summed E-state index contributed by atoms with van der Waals surface area (Å²) in [6, 6.07) is 1.93. The maximum atomic E-state index is 5.76. The molecule has 5 heteroatoms. The summed E-state index contributed by atoms with van der Waals surface area (Å²) in [6.07, 6.45) is 3.33. The number of aryl methyl sites for hydroxylation is 1. The summed E-state index contributed by atoms with van der Waals surface area (Å²) in [7, 11) is 0. The van der Waals surface area contributed by atoms with Gasteiger partial charge < -0.3 is 4.42 Å². The summed E-state index contributed by atoms with van der Waals surface area (Å²) >= 11 is 8.80. The Labute approximate surface area is 88.9 Å². The predicted octanol–water partition coefficient (Wildman–Crippen LogP) is 3.85. The highest BCUT2D eigenvalue weighted by Gasteiger charge is 2.06. The molecule has 0 N–H and O–H groups in total. The van der Waals surface area contributed by atoms with E-state index in [4.69, 9.17) is 16.0 Å². The lowest BCUT2D eigenvalue weighted by atomic mass is 10.5. The number of halogens is 1. The highest BCUT2D eigenvalue weighted by Crippen LogP contribution is 2.34. The number of nitrogens with zero attached hydrogens (tertiary/aromatic N) is 1. The molecule has 2 aromatic rings. The molecular formula is C8H6ClNOS2. The Morgan fingerprint density at radius 3 is 3.00 bits per heavy atom. The van der Waals surface area contributed by atoms with Crippen molar-refractivity contribution in [1.29, 1.82) is 0 Å². The number of hydrogen-bond acceptors (Lipinski definition) is 4. The minimum absolute atomic E-state index is 0.712. The predicted molar refractivity (Wildman–Crippen MR) is 54.7 cm³/mol. The molecule has 0 saturated carbocycles. The number of thiazole rings is 1. The fraction of sp³-hybridized carbons (Fsp3) is 0.125. The second-order valence-corrected chi connectivity index (χ2v) is 5.32. The standard InChI is InChI=1S/C8H6ClNOS2/c1-5-6(2-3-11-5)12-8-10-4-7(9)13-8/h2-4H,1H3. The van der Waals surface area contributed by atoms with Crippen LogP contribution in [0.5, 0.6) is 0 Å². The summed E-state index contributed by atoms with van der Waals surface area (Å²) in [6.45, 7) is 1.93. The zero-order valence-electron chi connectivity index (χ0n) is 6.78. The third kappa shape index (κ3) is 2.07. The molecular weight excluding hydrogens is 226 g/mol. The molecule has 0 amide bonds. The minimum atomic E-state index is 0.712. The SMILES string of the molecule is Cc1occc1Sc1ncc(Cl)s1. The van der Waals surface area contributed by atoms with Crippen LogP contribution < -0.4 is 0 Å². The number of aromatic nitrogens is 1. The van der Waals surface area contributed by atoms with Gasteiger partial charge in [0.15, 0.2) is 4.34 Å². The largest absolute Gasteiger partial charge is 0.468 e. The van der Waals surface area contributed by atoms with Crippen molar-refractivity contribution in [3.8, 4) is 0 Å². The molecule has 2 aromatic heterocycles. The van der Waals surface area contributed by atoms with E-state index >= 15 is 0 Å². The van der Waals surface area contributed by atoms with Gasteiger partial charge >= 0.3 is 0 Å². The lowest BCUT2D eigenvalue weighted by Crippen LogP contribution is -1.69. The summed E-state index contributed by atoms with van der Waals surface area (Å²) in [5.74, 6) is 0.913. The summed E-state index contributed by atoms with van der Waals surface area (Å²) < 4.78 is 6.82. The first-order valence-corrected chi connectivity index (χ1v) is 5.60. The molecule has 0 aliphatic carbocycles. The smallest absolute Gasteiger partial charge is 0.156 e. The lowest BCUT2D eigenvalue weighted by molar-refractivity contribution is 0.527. The van der Waals surface area contributed by atoms with Crippen molar-refractivity contribution < 1.29 is 4.42 Å². The van der Waals surface area contributed by atoms with Crippen molar-refractivity contribution in [3.05, 3.63) is 28.6 Å². The van der Waals surface area contributed by atoms with Gasteiger partial charge in [-0.3, -0.25) is 0 Å². The molecule has 0 spiro atoms. The Bertz CT molecular complexity index is 410. The van der Waals surface area contributed by atoms with Crippen LogP contribution in [0.2, 0.25) is 4.34 Å². The zero-order chi connectivity index (χ0) is 9.26. The Morgan fingerprint density at radius 1 is 1.62 bits per heavy atom. The van der Waals surface area contributed by atoms with E-state index in [0.717, 1.165) is 15.0 Å². The van der Waals surface area contributed by atoms with Gasteiger partial charge in [0, 0.05) is 0 Å². The van der Waals surface area contributed by atoms with Crippen LogP contribution in [0.3, 0.4) is 0 Å². The van der Waals surface area contributed by atoms with Gasteiger partial charge in [-0.05, 0) is 13.0 Å². The van der Waals surface area contributed by atoms with E-state index in [-0.39, 0.29) is 0 Å². The Kier molecular flexibility index (Phi) is 2.62. The molecule has 0 unspecified atom stereocenters. The van der Waals surface area contributed by atoms with E-state index in [2.05, 4.69) is 4.98 Å². The summed E-state index contributed by atoms with van der Waals surface area (Å²) in [5, 5.41) is 0. The number of furan rings is 1. The molecule has 2 rings (SSSR count). The van der Waals surface area contributed by atoms with Crippen molar-refractivity contribution in [2.75, 3.05) is 0 Å². The Hall–Kier alpha value is -0.450. The third-order valence-corrected chi connectivity index (χ3v) is 3.80. The van der Waals surface area contributed by atoms with Gasteiger partial charge in [-0.25, -0.2) is 4.98 Å². The highest BCUT2D eigenvalue weighted by atomic mass is 35.5. The van der Waals surface area contributed by atoms with Gasteiger partial charge in [-0.15, -0.1) is 0 Å². The van der Waals surface area contributed by atoms with Gasteiger partial charge in [-0.1, -0.05) is 34.7 Å². The first kappa shape index (κ1) is 9.12. The molecule has 0 bridgehead atoms. The molecule has 0 aliphatic heterocycles. The van der Waals surface area contributed by atoms with Crippen molar-refractivity contribution in [2.45, 2.75) is 16.2 Å². The molecule has 0 fully saturated rings. The molecule has 0 saturated heterocycles. The van der Waals surface area contributed by atoms with Crippen molar-refractivity contribution in [2.24, 2.45) is 0 Å². The molecule has 0 radical (unpaired) electrons. The lowest BCUT2D eigenvalue weighted by Gasteiger charge is -1.92. The second kappa shape index (κ2) is 3.74. The van der Waals surface area contributed by atoms with Crippen molar-refractivity contribution in [3.63, 3.8) is 0 Å². The van der Waals surface area contributed by atoms with Gasteiger partial charge in [0.05, 0.1) is 17.4 Å². The number of hydrogen-bond donors (Lipinski definition) is 0. The van der Waals surface area contributed by atoms with Crippen LogP contribution in [0.15, 0.2) is 32.2 Å². The van der Waals surface area contributed by atoms with Gasteiger partial charge in [0.25, 0.3) is 0 Å². The van der Waals surface area contributed by atoms with Gasteiger partial charge in [-0.2, -0.15) is 0 Å². The second-order valence-electron chi connectivity index (χ2n) is 2.37. The van der Waals surface area contributed by atoms with Crippen LogP contribution in [0.1, 0.15) is 5.76 Å².